The van der Waals surface area contributed by atoms with Gasteiger partial charge < -0.3 is 70.3 Å². The normalized spacial score (nSPS) is 27.8. The molecule has 0 aromatic carbocycles. The number of aliphatic hydroxyl groups excluding tert-OH is 1. The van der Waals surface area contributed by atoms with Gasteiger partial charge in [0.1, 0.15) is 66.5 Å². The van der Waals surface area contributed by atoms with Crippen LogP contribution in [0.4, 0.5) is 0 Å². The number of nitrogens with zero attached hydrogens (tertiary/aromatic N) is 8. The van der Waals surface area contributed by atoms with Gasteiger partial charge in [-0.1, -0.05) is 102 Å². The van der Waals surface area contributed by atoms with Gasteiger partial charge in [-0.05, 0) is 133 Å². The number of nitrogens with one attached hydrogen (secondary N) is 4. The van der Waals surface area contributed by atoms with E-state index in [1.165, 1.54) is 99.5 Å². The Bertz CT molecular complexity index is 2590. The van der Waals surface area contributed by atoms with E-state index in [2.05, 4.69) is 26.2 Å². The molecule has 0 saturated carbocycles. The minimum atomic E-state index is -1.63. The second-order valence-corrected chi connectivity index (χ2v) is 29.2. The van der Waals surface area contributed by atoms with E-state index in [-0.39, 0.29) is 49.5 Å². The van der Waals surface area contributed by atoms with Gasteiger partial charge in [0, 0.05) is 69.5 Å². The predicted octanol–water partition coefficient (Wildman–Crippen LogP) is 4.14. The number of hydrogen-bond acceptors (Lipinski definition) is 14. The lowest BCUT2D eigenvalue weighted by Crippen LogP contribution is -2.64. The van der Waals surface area contributed by atoms with Crippen molar-refractivity contribution < 1.29 is 62.6 Å². The lowest BCUT2D eigenvalue weighted by atomic mass is 9.91. The lowest BCUT2D eigenvalue weighted by Gasteiger charge is -2.41. The van der Waals surface area contributed by atoms with Gasteiger partial charge in [-0.25, -0.2) is 0 Å². The van der Waals surface area contributed by atoms with Gasteiger partial charge in [0.05, 0.1) is 12.2 Å². The first-order chi connectivity index (χ1) is 44.1. The van der Waals surface area contributed by atoms with E-state index in [1.54, 1.807) is 54.7 Å². The van der Waals surface area contributed by atoms with Gasteiger partial charge in [-0.2, -0.15) is 0 Å². The quantitative estimate of drug-likeness (QED) is 0.114. The Morgan fingerprint density at radius 1 is 0.505 bits per heavy atom. The van der Waals surface area contributed by atoms with Gasteiger partial charge in [-0.3, -0.25) is 52.7 Å². The average Bonchev–Trinajstić information content (AvgIpc) is 0.810. The van der Waals surface area contributed by atoms with Crippen molar-refractivity contribution in [1.82, 2.24) is 60.5 Å². The van der Waals surface area contributed by atoms with Crippen molar-refractivity contribution in [3.8, 4) is 0 Å². The fraction of sp³-hybridized carbons (Fsp3) is 0.814. The number of likely N-dealkylation sites (N-methyl/N-ethyl adjacent to an activating group) is 7. The van der Waals surface area contributed by atoms with E-state index < -0.39 is 161 Å². The summed E-state index contributed by atoms with van der Waals surface area (Å²) >= 11 is 0. The Morgan fingerprint density at radius 3 is 1.45 bits per heavy atom. The molecular formula is C70H126N12O13. The number of hydrogen-bond donors (Lipinski definition) is 5. The molecule has 0 aliphatic carbocycles. The van der Waals surface area contributed by atoms with Crippen molar-refractivity contribution >= 4 is 65.0 Å². The van der Waals surface area contributed by atoms with Crippen LogP contribution < -0.4 is 21.3 Å². The molecule has 2 fully saturated rings. The molecule has 25 heteroatoms. The molecule has 544 valence electrons. The van der Waals surface area contributed by atoms with Crippen LogP contribution in [-0.4, -0.2) is 264 Å². The third-order valence-corrected chi connectivity index (χ3v) is 19.3. The largest absolute Gasteiger partial charge is 0.390 e. The molecule has 0 spiro atoms. The van der Waals surface area contributed by atoms with E-state index in [0.29, 0.717) is 19.3 Å². The molecule has 0 radical (unpaired) electrons. The van der Waals surface area contributed by atoms with Crippen molar-refractivity contribution in [2.24, 2.45) is 41.4 Å². The van der Waals surface area contributed by atoms with Crippen LogP contribution >= 0.6 is 0 Å². The SMILES string of the molecule is C/C=C/C[C@@H](C)[C@@H](O)[C@H]1C(=O)N[C@@H](CC)C(=O)N(C)[C@H](C)C(=O)N(C)[C@@H]([C@H](C)CCCN2CCC(OC)CC2)C(=O)N[C@@H](C(C)C)C(=O)N(C)[C@@H](CC(C)C)C(=O)N[C@@H](C)C(=O)N[C@H](C)C(=O)N(C)[C@@H](CC(C)C)C(=O)N(C)[C@@H](CC(C)C)C(=O)N(C)[C@@H](C(C)C)C(=O)N1C. The van der Waals surface area contributed by atoms with Crippen molar-refractivity contribution in [3.63, 3.8) is 0 Å². The molecule has 2 heterocycles. The summed E-state index contributed by atoms with van der Waals surface area (Å²) in [5.41, 5.74) is 0. The Morgan fingerprint density at radius 2 is 0.968 bits per heavy atom. The molecule has 0 aromatic rings. The number of amides is 11. The summed E-state index contributed by atoms with van der Waals surface area (Å²) in [5, 5.41) is 23.5. The number of ether oxygens (including phenoxy) is 1. The highest BCUT2D eigenvalue weighted by Gasteiger charge is 2.46. The maximum absolute atomic E-state index is 15.3. The maximum atomic E-state index is 15.3. The summed E-state index contributed by atoms with van der Waals surface area (Å²) in [4.78, 5) is 175. The summed E-state index contributed by atoms with van der Waals surface area (Å²) < 4.78 is 5.59. The van der Waals surface area contributed by atoms with E-state index in [9.17, 15) is 29.1 Å². The minimum Gasteiger partial charge on any atom is -0.390 e. The van der Waals surface area contributed by atoms with Gasteiger partial charge >= 0.3 is 0 Å². The van der Waals surface area contributed by atoms with Gasteiger partial charge in [0.2, 0.25) is 65.0 Å². The molecule has 14 atom stereocenters. The topological polar surface area (TPSA) is 291 Å². The van der Waals surface area contributed by atoms with Crippen molar-refractivity contribution in [1.29, 1.82) is 0 Å². The minimum absolute atomic E-state index is 0.00853. The van der Waals surface area contributed by atoms with E-state index in [0.717, 1.165) is 37.4 Å². The molecule has 0 bridgehead atoms. The number of aliphatic hydroxyl groups is 1. The fourth-order valence-corrected chi connectivity index (χ4v) is 13.0. The molecule has 95 heavy (non-hydrogen) atoms. The zero-order valence-corrected chi connectivity index (χ0v) is 62.6. The number of methoxy groups -OCH3 is 1. The second-order valence-electron chi connectivity index (χ2n) is 29.2. The highest BCUT2D eigenvalue weighted by molar-refractivity contribution is 6.00. The van der Waals surface area contributed by atoms with E-state index >= 15 is 28.8 Å². The smallest absolute Gasteiger partial charge is 0.246 e. The highest BCUT2D eigenvalue weighted by Crippen LogP contribution is 2.27. The molecule has 25 nitrogen and oxygen atoms in total. The van der Waals surface area contributed by atoms with Crippen LogP contribution in [0.1, 0.15) is 175 Å². The molecule has 2 saturated heterocycles. The summed E-state index contributed by atoms with van der Waals surface area (Å²) in [7, 11) is 11.8. The molecule has 5 N–H and O–H groups in total. The van der Waals surface area contributed by atoms with E-state index in [1.807, 2.05) is 61.5 Å². The van der Waals surface area contributed by atoms with Crippen LogP contribution in [0.3, 0.4) is 0 Å². The molecule has 0 unspecified atom stereocenters. The fourth-order valence-electron chi connectivity index (χ4n) is 13.0. The second kappa shape index (κ2) is 39.3. The highest BCUT2D eigenvalue weighted by atomic mass is 16.5. The van der Waals surface area contributed by atoms with Crippen LogP contribution in [0.2, 0.25) is 0 Å². The van der Waals surface area contributed by atoms with Crippen LogP contribution in [0.15, 0.2) is 12.2 Å². The third kappa shape index (κ3) is 23.5. The number of allylic oxidation sites excluding steroid dienone is 2. The Labute approximate surface area is 569 Å². The van der Waals surface area contributed by atoms with Gasteiger partial charge in [0.15, 0.2) is 0 Å². The molecular weight excluding hydrogens is 1220 g/mol. The first kappa shape index (κ1) is 84.9. The van der Waals surface area contributed by atoms with Crippen molar-refractivity contribution in [3.05, 3.63) is 12.2 Å². The van der Waals surface area contributed by atoms with Crippen LogP contribution in [0.5, 0.6) is 0 Å². The average molecular weight is 1340 g/mol. The monoisotopic (exact) mass is 1340 g/mol. The van der Waals surface area contributed by atoms with Crippen LogP contribution in [0.25, 0.3) is 0 Å². The molecule has 0 aromatic heterocycles. The third-order valence-electron chi connectivity index (χ3n) is 19.3. The summed E-state index contributed by atoms with van der Waals surface area (Å²) in [6, 6.07) is -13.8. The first-order valence-corrected chi connectivity index (χ1v) is 34.8. The van der Waals surface area contributed by atoms with Crippen LogP contribution in [0, 0.1) is 41.4 Å². The Kier molecular flexibility index (Phi) is 35.1. The Hall–Kier alpha value is -6.21. The zero-order chi connectivity index (χ0) is 73.0. The number of likely N-dealkylation sites (tertiary alicyclic amines) is 1. The number of rotatable bonds is 19. The lowest BCUT2D eigenvalue weighted by molar-refractivity contribution is -0.157. The standard InChI is InChI=1S/C70H126N12O13/c1-26-28-30-46(14)59(83)58-63(87)73-51(27-2)66(90)75(18)49(17)65(89)80(23)57(45(13)31-29-34-82-35-32-50(95-25)33-36-82)62(86)74-55(43(9)10)69(93)76(19)52(37-40(3)4)61(85)71-47(15)60(84)72-48(16)64(88)77(20)53(38-41(5)6)67(91)78(21)54(39-42(7)8)68(92)79(22)56(44(11)12)70(94)81(58)24/h26,28,40-59,83H,27,29-39H2,1-25H3,(H,71,85)(H,72,84)(H,73,87)(H,74,86)/b28-26+/t45-,46-,47+,48-,49-,51+,52+,53+,54+,55+,56+,57+,58+,59-/m1/s1. The number of piperidine rings is 1. The molecule has 2 aliphatic heterocycles. The zero-order valence-electron chi connectivity index (χ0n) is 62.6. The number of carbonyl (C=O) groups excluding carboxylic acids is 11. The first-order valence-electron chi connectivity index (χ1n) is 34.8. The predicted molar refractivity (Wildman–Crippen MR) is 368 cm³/mol. The van der Waals surface area contributed by atoms with Gasteiger partial charge in [0.25, 0.3) is 0 Å². The summed E-state index contributed by atoms with van der Waals surface area (Å²) in [5.74, 6) is -10.1. The van der Waals surface area contributed by atoms with Crippen molar-refractivity contribution in [2.75, 3.05) is 76.1 Å². The molecule has 11 amide bonds. The maximum Gasteiger partial charge on any atom is 0.246 e. The van der Waals surface area contributed by atoms with Gasteiger partial charge in [-0.15, -0.1) is 0 Å². The molecule has 2 rings (SSSR count). The Balaban J connectivity index is 3.03. The van der Waals surface area contributed by atoms with Crippen molar-refractivity contribution in [2.45, 2.75) is 254 Å². The van der Waals surface area contributed by atoms with Crippen LogP contribution in [-0.2, 0) is 57.5 Å². The summed E-state index contributed by atoms with van der Waals surface area (Å²) in [6.45, 7) is 32.1. The summed E-state index contributed by atoms with van der Waals surface area (Å²) in [6.07, 6.45) is 5.93. The number of carbonyl (C=O) groups is 11. The van der Waals surface area contributed by atoms with E-state index in [4.69, 9.17) is 4.74 Å². The molecule has 2 aliphatic rings.